The van der Waals surface area contributed by atoms with Crippen molar-refractivity contribution in [2.75, 3.05) is 40.5 Å². The molecule has 1 atom stereocenters. The Hall–Kier alpha value is -0.810. The third kappa shape index (κ3) is 10.4. The van der Waals surface area contributed by atoms with Gasteiger partial charge in [-0.15, -0.1) is 0 Å². The molecule has 0 fully saturated rings. The molecular weight excluding hydrogens is 230 g/mol. The van der Waals surface area contributed by atoms with Crippen LogP contribution in [0.4, 0.5) is 0 Å². The molecule has 5 heteroatoms. The summed E-state index contributed by atoms with van der Waals surface area (Å²) in [7, 11) is 3.42. The van der Waals surface area contributed by atoms with Crippen molar-refractivity contribution in [1.29, 1.82) is 0 Å². The van der Waals surface area contributed by atoms with Crippen LogP contribution in [0.1, 0.15) is 33.1 Å². The van der Waals surface area contributed by atoms with Gasteiger partial charge in [0.05, 0.1) is 6.61 Å². The summed E-state index contributed by atoms with van der Waals surface area (Å²) in [6.45, 7) is 7.40. The molecule has 108 valence electrons. The molecule has 0 saturated heterocycles. The van der Waals surface area contributed by atoms with E-state index in [-0.39, 0.29) is 6.04 Å². The van der Waals surface area contributed by atoms with Gasteiger partial charge in [0, 0.05) is 40.0 Å². The van der Waals surface area contributed by atoms with Gasteiger partial charge >= 0.3 is 0 Å². The maximum absolute atomic E-state index is 5.11. The molecule has 0 amide bonds. The van der Waals surface area contributed by atoms with Crippen LogP contribution in [0.2, 0.25) is 0 Å². The Labute approximate surface area is 111 Å². The Kier molecular flexibility index (Phi) is 12.1. The van der Waals surface area contributed by atoms with E-state index < -0.39 is 0 Å². The van der Waals surface area contributed by atoms with Gasteiger partial charge < -0.3 is 20.1 Å². The van der Waals surface area contributed by atoms with E-state index in [0.29, 0.717) is 6.61 Å². The van der Waals surface area contributed by atoms with Crippen molar-refractivity contribution in [1.82, 2.24) is 10.6 Å². The van der Waals surface area contributed by atoms with Crippen LogP contribution < -0.4 is 10.6 Å². The lowest BCUT2D eigenvalue weighted by Gasteiger charge is -2.17. The molecule has 0 aliphatic carbocycles. The fraction of sp³-hybridized carbons (Fsp3) is 0.923. The van der Waals surface area contributed by atoms with Crippen LogP contribution in [-0.2, 0) is 9.47 Å². The largest absolute Gasteiger partial charge is 0.385 e. The summed E-state index contributed by atoms with van der Waals surface area (Å²) in [4.78, 5) is 4.51. The van der Waals surface area contributed by atoms with E-state index in [1.54, 1.807) is 14.2 Å². The average Bonchev–Trinajstić information content (AvgIpc) is 2.35. The number of unbranched alkanes of at least 4 members (excludes halogenated alkanes) is 1. The first-order valence-corrected chi connectivity index (χ1v) is 6.77. The maximum Gasteiger partial charge on any atom is 0.191 e. The summed E-state index contributed by atoms with van der Waals surface area (Å²) < 4.78 is 10.1. The highest BCUT2D eigenvalue weighted by Gasteiger charge is 2.04. The van der Waals surface area contributed by atoms with Crippen molar-refractivity contribution in [3.8, 4) is 0 Å². The summed E-state index contributed by atoms with van der Waals surface area (Å²) in [5, 5.41) is 6.66. The van der Waals surface area contributed by atoms with E-state index in [1.165, 1.54) is 6.42 Å². The fourth-order valence-corrected chi connectivity index (χ4v) is 1.46. The monoisotopic (exact) mass is 259 g/mol. The topological polar surface area (TPSA) is 54.9 Å². The molecule has 0 aromatic rings. The third-order valence-electron chi connectivity index (χ3n) is 2.40. The summed E-state index contributed by atoms with van der Waals surface area (Å²) in [6, 6.07) is 0.255. The van der Waals surface area contributed by atoms with Crippen LogP contribution in [0.25, 0.3) is 0 Å². The van der Waals surface area contributed by atoms with E-state index in [0.717, 1.165) is 38.5 Å². The van der Waals surface area contributed by atoms with Crippen molar-refractivity contribution in [3.63, 3.8) is 0 Å². The van der Waals surface area contributed by atoms with Gasteiger partial charge in [-0.05, 0) is 19.8 Å². The minimum Gasteiger partial charge on any atom is -0.385 e. The second-order valence-corrected chi connectivity index (χ2v) is 4.36. The predicted molar refractivity (Wildman–Crippen MR) is 76.2 cm³/mol. The van der Waals surface area contributed by atoms with Gasteiger partial charge in [-0.3, -0.25) is 4.99 Å². The van der Waals surface area contributed by atoms with Gasteiger partial charge in [0.25, 0.3) is 0 Å². The minimum atomic E-state index is 0.255. The summed E-state index contributed by atoms with van der Waals surface area (Å²) >= 11 is 0. The lowest BCUT2D eigenvalue weighted by atomic mass is 10.3. The number of ether oxygens (including phenoxy) is 2. The Morgan fingerprint density at radius 2 is 2.00 bits per heavy atom. The van der Waals surface area contributed by atoms with Crippen LogP contribution in [0.3, 0.4) is 0 Å². The zero-order valence-corrected chi connectivity index (χ0v) is 12.3. The number of rotatable bonds is 10. The van der Waals surface area contributed by atoms with E-state index in [4.69, 9.17) is 9.47 Å². The number of nitrogens with one attached hydrogen (secondary N) is 2. The number of hydrogen-bond donors (Lipinski definition) is 2. The molecule has 0 saturated carbocycles. The van der Waals surface area contributed by atoms with Gasteiger partial charge in [0.1, 0.15) is 0 Å². The SMILES string of the molecule is CCCCNC(=NCCCOC)N[C@@H](C)COC. The second-order valence-electron chi connectivity index (χ2n) is 4.36. The van der Waals surface area contributed by atoms with Crippen molar-refractivity contribution < 1.29 is 9.47 Å². The Bertz CT molecular complexity index is 210. The van der Waals surface area contributed by atoms with Gasteiger partial charge in [-0.2, -0.15) is 0 Å². The predicted octanol–water partition coefficient (Wildman–Crippen LogP) is 1.39. The molecule has 0 bridgehead atoms. The lowest BCUT2D eigenvalue weighted by molar-refractivity contribution is 0.179. The Balaban J connectivity index is 4.05. The molecule has 0 rings (SSSR count). The van der Waals surface area contributed by atoms with E-state index in [2.05, 4.69) is 29.5 Å². The molecule has 0 aliphatic heterocycles. The number of hydrogen-bond acceptors (Lipinski definition) is 3. The lowest BCUT2D eigenvalue weighted by Crippen LogP contribution is -2.44. The van der Waals surface area contributed by atoms with E-state index >= 15 is 0 Å². The van der Waals surface area contributed by atoms with Crippen LogP contribution in [0.5, 0.6) is 0 Å². The molecule has 0 spiro atoms. The smallest absolute Gasteiger partial charge is 0.191 e. The molecule has 5 nitrogen and oxygen atoms in total. The summed E-state index contributed by atoms with van der Waals surface area (Å²) in [5.41, 5.74) is 0. The fourth-order valence-electron chi connectivity index (χ4n) is 1.46. The molecule has 0 aromatic carbocycles. The minimum absolute atomic E-state index is 0.255. The zero-order valence-electron chi connectivity index (χ0n) is 12.3. The number of methoxy groups -OCH3 is 2. The summed E-state index contributed by atoms with van der Waals surface area (Å²) in [6.07, 6.45) is 3.27. The quantitative estimate of drug-likeness (QED) is 0.354. The van der Waals surface area contributed by atoms with Gasteiger partial charge in [0.2, 0.25) is 0 Å². The molecule has 18 heavy (non-hydrogen) atoms. The van der Waals surface area contributed by atoms with Crippen molar-refractivity contribution in [3.05, 3.63) is 0 Å². The second kappa shape index (κ2) is 12.6. The molecule has 0 heterocycles. The normalized spacial score (nSPS) is 13.4. The standard InChI is InChI=1S/C13H29N3O2/c1-5-6-8-14-13(15-9-7-10-17-3)16-12(2)11-18-4/h12H,5-11H2,1-4H3,(H2,14,15,16)/t12-/m0/s1. The van der Waals surface area contributed by atoms with Crippen molar-refractivity contribution >= 4 is 5.96 Å². The highest BCUT2D eigenvalue weighted by Crippen LogP contribution is 1.88. The highest BCUT2D eigenvalue weighted by molar-refractivity contribution is 5.80. The third-order valence-corrected chi connectivity index (χ3v) is 2.40. The van der Waals surface area contributed by atoms with Gasteiger partial charge in [0.15, 0.2) is 5.96 Å². The van der Waals surface area contributed by atoms with E-state index in [9.17, 15) is 0 Å². The first kappa shape index (κ1) is 17.2. The molecular formula is C13H29N3O2. The van der Waals surface area contributed by atoms with E-state index in [1.807, 2.05) is 0 Å². The molecule has 2 N–H and O–H groups in total. The average molecular weight is 259 g/mol. The molecule has 0 aliphatic rings. The maximum atomic E-state index is 5.11. The highest BCUT2D eigenvalue weighted by atomic mass is 16.5. The Morgan fingerprint density at radius 1 is 1.22 bits per heavy atom. The molecule has 0 radical (unpaired) electrons. The number of guanidine groups is 1. The van der Waals surface area contributed by atoms with Crippen molar-refractivity contribution in [2.24, 2.45) is 4.99 Å². The van der Waals surface area contributed by atoms with Crippen molar-refractivity contribution in [2.45, 2.75) is 39.2 Å². The van der Waals surface area contributed by atoms with Crippen LogP contribution in [0, 0.1) is 0 Å². The number of nitrogens with zero attached hydrogens (tertiary/aromatic N) is 1. The first-order chi connectivity index (χ1) is 8.74. The van der Waals surface area contributed by atoms with Crippen LogP contribution in [-0.4, -0.2) is 52.5 Å². The summed E-state index contributed by atoms with van der Waals surface area (Å²) in [5.74, 6) is 0.865. The Morgan fingerprint density at radius 3 is 2.61 bits per heavy atom. The van der Waals surface area contributed by atoms with Gasteiger partial charge in [-0.1, -0.05) is 13.3 Å². The first-order valence-electron chi connectivity index (χ1n) is 6.77. The number of aliphatic imine (C=N–C) groups is 1. The zero-order chi connectivity index (χ0) is 13.6. The van der Waals surface area contributed by atoms with Crippen LogP contribution >= 0.6 is 0 Å². The van der Waals surface area contributed by atoms with Gasteiger partial charge in [-0.25, -0.2) is 0 Å². The molecule has 0 aromatic heterocycles. The van der Waals surface area contributed by atoms with Crippen LogP contribution in [0.15, 0.2) is 4.99 Å². The molecule has 0 unspecified atom stereocenters.